The summed E-state index contributed by atoms with van der Waals surface area (Å²) in [6.07, 6.45) is 2.68. The summed E-state index contributed by atoms with van der Waals surface area (Å²) in [4.78, 5) is 50.1. The Hall–Kier alpha value is -4.84. The van der Waals surface area contributed by atoms with E-state index in [1.807, 2.05) is 67.6 Å². The van der Waals surface area contributed by atoms with Crippen LogP contribution in [-0.4, -0.2) is 95.0 Å². The summed E-state index contributed by atoms with van der Waals surface area (Å²) in [7, 11) is 3.50. The molecule has 1 aliphatic carbocycles. The highest BCUT2D eigenvalue weighted by atomic mass is 16.5. The van der Waals surface area contributed by atoms with Gasteiger partial charge in [0.15, 0.2) is 5.82 Å². The second kappa shape index (κ2) is 13.4. The monoisotopic (exact) mass is 687 g/mol. The first-order chi connectivity index (χ1) is 24.7. The number of amides is 3. The number of nitrogens with one attached hydrogen (secondary N) is 2. The van der Waals surface area contributed by atoms with Gasteiger partial charge in [0.25, 0.3) is 17.7 Å². The van der Waals surface area contributed by atoms with Gasteiger partial charge in [-0.05, 0) is 72.9 Å². The van der Waals surface area contributed by atoms with Crippen LogP contribution in [0.1, 0.15) is 78.2 Å². The maximum atomic E-state index is 13.5. The number of likely N-dealkylation sites (tertiary alicyclic amines) is 1. The van der Waals surface area contributed by atoms with Crippen LogP contribution in [0.2, 0.25) is 0 Å². The molecule has 8 rings (SSSR count). The van der Waals surface area contributed by atoms with Crippen LogP contribution in [0.25, 0.3) is 0 Å². The fourth-order valence-corrected chi connectivity index (χ4v) is 7.75. The number of nitrogens with zero attached hydrogens (tertiary/aromatic N) is 5. The van der Waals surface area contributed by atoms with Gasteiger partial charge in [0.05, 0.1) is 24.6 Å². The fourth-order valence-electron chi connectivity index (χ4n) is 7.75. The summed E-state index contributed by atoms with van der Waals surface area (Å²) in [5.41, 5.74) is 6.84. The zero-order chi connectivity index (χ0) is 35.3. The highest BCUT2D eigenvalue weighted by molar-refractivity contribution is 6.04. The lowest BCUT2D eigenvalue weighted by atomic mass is 9.86. The molecule has 11 nitrogen and oxygen atoms in total. The highest BCUT2D eigenvalue weighted by Gasteiger charge is 2.51. The van der Waals surface area contributed by atoms with Gasteiger partial charge >= 0.3 is 0 Å². The predicted octanol–water partition coefficient (Wildman–Crippen LogP) is 4.38. The Labute approximate surface area is 298 Å². The third-order valence-corrected chi connectivity index (χ3v) is 10.9. The summed E-state index contributed by atoms with van der Waals surface area (Å²) in [5.74, 6) is 0.596. The number of aryl methyl sites for hydroxylation is 1. The Kier molecular flexibility index (Phi) is 8.73. The van der Waals surface area contributed by atoms with E-state index in [9.17, 15) is 14.4 Å². The van der Waals surface area contributed by atoms with E-state index in [1.165, 1.54) is 18.4 Å². The fraction of sp³-hybridized carbons (Fsp3) is 0.400. The lowest BCUT2D eigenvalue weighted by Crippen LogP contribution is -2.63. The smallest absolute Gasteiger partial charge is 0.287 e. The minimum absolute atomic E-state index is 0.0183. The van der Waals surface area contributed by atoms with Crippen molar-refractivity contribution in [1.82, 2.24) is 29.6 Å². The summed E-state index contributed by atoms with van der Waals surface area (Å²) in [5, 5.41) is 6.04. The molecular formula is C40H45N7O4. The van der Waals surface area contributed by atoms with Crippen molar-refractivity contribution in [2.24, 2.45) is 0 Å². The average Bonchev–Trinajstić information content (AvgIpc) is 3.88. The Morgan fingerprint density at radius 1 is 0.863 bits per heavy atom. The number of anilines is 1. The average molecular weight is 688 g/mol. The van der Waals surface area contributed by atoms with Crippen LogP contribution in [0.3, 0.4) is 0 Å². The van der Waals surface area contributed by atoms with Gasteiger partial charge in [-0.25, -0.2) is 4.98 Å². The SMILES string of the molecule is Cc1nc(C(=O)NCc2ccc(NC(=O)c3ccc(C4CN(C5CC5)C4)cc3)cc2)n2c1C1(COC1)N(Cc1ccc(C(=O)N(C)C)cc1)CC2. The lowest BCUT2D eigenvalue weighted by molar-refractivity contribution is -0.163. The van der Waals surface area contributed by atoms with Crippen LogP contribution < -0.4 is 10.6 Å². The normalized spacial score (nSPS) is 18.4. The van der Waals surface area contributed by atoms with Crippen molar-refractivity contribution in [2.45, 2.75) is 56.9 Å². The molecule has 0 unspecified atom stereocenters. The molecule has 4 aromatic rings. The second-order valence-electron chi connectivity index (χ2n) is 14.7. The van der Waals surface area contributed by atoms with E-state index in [1.54, 1.807) is 19.0 Å². The van der Waals surface area contributed by atoms with Gasteiger partial charge in [0.1, 0.15) is 5.54 Å². The molecule has 1 saturated carbocycles. The number of carbonyl (C=O) groups is 3. The van der Waals surface area contributed by atoms with Gasteiger partial charge in [-0.2, -0.15) is 0 Å². The minimum atomic E-state index is -0.359. The molecule has 0 bridgehead atoms. The first-order valence-corrected chi connectivity index (χ1v) is 17.9. The molecular weight excluding hydrogens is 642 g/mol. The highest BCUT2D eigenvalue weighted by Crippen LogP contribution is 2.42. The van der Waals surface area contributed by atoms with Crippen molar-refractivity contribution < 1.29 is 19.1 Å². The Morgan fingerprint density at radius 3 is 2.16 bits per heavy atom. The number of rotatable bonds is 10. The van der Waals surface area contributed by atoms with E-state index < -0.39 is 0 Å². The number of aromatic nitrogens is 2. The third kappa shape index (κ3) is 6.45. The molecule has 3 aromatic carbocycles. The standard InChI is InChI=1S/C40H45N7O4/c1-26-35-40(24-51-25-40)46(21-28-4-8-31(9-5-28)39(50)44(2)3)18-19-47(35)36(42-26)38(49)41-20-27-6-14-33(15-7-27)43-37(48)30-12-10-29(11-13-30)32-22-45(23-32)34-16-17-34/h4-15,32,34H,16-25H2,1-3H3,(H,41,49)(H,43,48). The van der Waals surface area contributed by atoms with Crippen LogP contribution in [0, 0.1) is 6.92 Å². The molecule has 2 N–H and O–H groups in total. The molecule has 0 radical (unpaired) electrons. The number of fused-ring (bicyclic) bond motifs is 2. The molecule has 3 fully saturated rings. The molecule has 4 heterocycles. The van der Waals surface area contributed by atoms with Crippen molar-refractivity contribution in [1.29, 1.82) is 0 Å². The van der Waals surface area contributed by atoms with E-state index in [4.69, 9.17) is 9.72 Å². The predicted molar refractivity (Wildman–Crippen MR) is 194 cm³/mol. The number of ether oxygens (including phenoxy) is 1. The van der Waals surface area contributed by atoms with Crippen molar-refractivity contribution in [3.8, 4) is 0 Å². The number of carbonyl (C=O) groups excluding carboxylic acids is 3. The largest absolute Gasteiger partial charge is 0.377 e. The van der Waals surface area contributed by atoms with E-state index in [-0.39, 0.29) is 23.3 Å². The molecule has 11 heteroatoms. The van der Waals surface area contributed by atoms with Crippen molar-refractivity contribution in [3.63, 3.8) is 0 Å². The maximum absolute atomic E-state index is 13.5. The maximum Gasteiger partial charge on any atom is 0.287 e. The molecule has 2 saturated heterocycles. The molecule has 3 amide bonds. The summed E-state index contributed by atoms with van der Waals surface area (Å²) < 4.78 is 7.83. The van der Waals surface area contributed by atoms with E-state index in [0.717, 1.165) is 48.2 Å². The zero-order valence-electron chi connectivity index (χ0n) is 29.5. The molecule has 1 aromatic heterocycles. The van der Waals surface area contributed by atoms with E-state index >= 15 is 0 Å². The number of imidazole rings is 1. The molecule has 1 spiro atoms. The number of benzene rings is 3. The Bertz CT molecular complexity index is 1940. The molecule has 264 valence electrons. The Morgan fingerprint density at radius 2 is 1.53 bits per heavy atom. The first kappa shape index (κ1) is 33.3. The van der Waals surface area contributed by atoms with Gasteiger partial charge in [-0.3, -0.25) is 24.2 Å². The lowest BCUT2D eigenvalue weighted by Gasteiger charge is -2.52. The van der Waals surface area contributed by atoms with Crippen molar-refractivity contribution in [3.05, 3.63) is 118 Å². The number of hydrogen-bond acceptors (Lipinski definition) is 7. The van der Waals surface area contributed by atoms with Gasteiger partial charge in [-0.15, -0.1) is 0 Å². The molecule has 0 atom stereocenters. The van der Waals surface area contributed by atoms with Crippen LogP contribution >= 0.6 is 0 Å². The van der Waals surface area contributed by atoms with E-state index in [2.05, 4.69) is 37.1 Å². The quantitative estimate of drug-likeness (QED) is 0.255. The van der Waals surface area contributed by atoms with Crippen LogP contribution in [0.15, 0.2) is 72.8 Å². The van der Waals surface area contributed by atoms with Gasteiger partial charge in [-0.1, -0.05) is 36.4 Å². The summed E-state index contributed by atoms with van der Waals surface area (Å²) in [6, 6.07) is 24.1. The van der Waals surface area contributed by atoms with Crippen LogP contribution in [0.5, 0.6) is 0 Å². The van der Waals surface area contributed by atoms with Crippen molar-refractivity contribution in [2.75, 3.05) is 52.3 Å². The second-order valence-corrected chi connectivity index (χ2v) is 14.7. The van der Waals surface area contributed by atoms with E-state index in [0.29, 0.717) is 61.4 Å². The number of hydrogen-bond donors (Lipinski definition) is 2. The van der Waals surface area contributed by atoms with Crippen LogP contribution in [0.4, 0.5) is 5.69 Å². The van der Waals surface area contributed by atoms with Gasteiger partial charge in [0, 0.05) is 82.1 Å². The summed E-state index contributed by atoms with van der Waals surface area (Å²) in [6.45, 7) is 7.69. The summed E-state index contributed by atoms with van der Waals surface area (Å²) >= 11 is 0. The molecule has 4 aliphatic rings. The Balaban J connectivity index is 0.868. The zero-order valence-corrected chi connectivity index (χ0v) is 29.5. The first-order valence-electron chi connectivity index (χ1n) is 17.9. The van der Waals surface area contributed by atoms with Crippen molar-refractivity contribution >= 4 is 23.4 Å². The topological polar surface area (TPSA) is 112 Å². The van der Waals surface area contributed by atoms with Gasteiger partial charge < -0.3 is 24.8 Å². The van der Waals surface area contributed by atoms with Gasteiger partial charge in [0.2, 0.25) is 0 Å². The molecule has 3 aliphatic heterocycles. The molecule has 51 heavy (non-hydrogen) atoms. The van der Waals surface area contributed by atoms with Crippen LogP contribution in [-0.2, 0) is 29.9 Å². The third-order valence-electron chi connectivity index (χ3n) is 10.9. The minimum Gasteiger partial charge on any atom is -0.377 e.